The average molecular weight is 386 g/mol. The van der Waals surface area contributed by atoms with Crippen LogP contribution in [0.1, 0.15) is 44.6 Å². The third-order valence-corrected chi connectivity index (χ3v) is 6.40. The highest BCUT2D eigenvalue weighted by atomic mass is 16.5. The van der Waals surface area contributed by atoms with E-state index in [1.54, 1.807) is 0 Å². The molecule has 2 N–H and O–H groups in total. The van der Waals surface area contributed by atoms with Gasteiger partial charge in [0, 0.05) is 37.0 Å². The minimum Gasteiger partial charge on any atom is -0.493 e. The van der Waals surface area contributed by atoms with Gasteiger partial charge >= 0.3 is 0 Å². The van der Waals surface area contributed by atoms with E-state index in [2.05, 4.69) is 17.6 Å². The number of fused-ring (bicyclic) bond motifs is 4. The van der Waals surface area contributed by atoms with Gasteiger partial charge in [-0.1, -0.05) is 25.1 Å². The Morgan fingerprint density at radius 3 is 2.96 bits per heavy atom. The Labute approximate surface area is 167 Å². The van der Waals surface area contributed by atoms with Gasteiger partial charge in [-0.2, -0.15) is 0 Å². The second-order valence-electron chi connectivity index (χ2n) is 8.29. The minimum atomic E-state index is -0.356. The highest BCUT2D eigenvalue weighted by molar-refractivity contribution is 5.89. The zero-order valence-corrected chi connectivity index (χ0v) is 16.7. The van der Waals surface area contributed by atoms with Crippen LogP contribution in [0, 0.1) is 11.8 Å². The number of benzene rings is 1. The van der Waals surface area contributed by atoms with Crippen molar-refractivity contribution in [3.05, 3.63) is 29.8 Å². The number of hydrogen-bond acceptors (Lipinski definition) is 4. The molecule has 0 spiro atoms. The molecule has 3 saturated heterocycles. The number of rotatable bonds is 6. The van der Waals surface area contributed by atoms with Crippen molar-refractivity contribution in [3.63, 3.8) is 0 Å². The van der Waals surface area contributed by atoms with E-state index in [0.717, 1.165) is 50.1 Å². The van der Waals surface area contributed by atoms with Crippen molar-refractivity contribution < 1.29 is 14.3 Å². The molecule has 1 aromatic carbocycles. The molecule has 3 aliphatic heterocycles. The summed E-state index contributed by atoms with van der Waals surface area (Å²) in [6, 6.07) is 7.69. The van der Waals surface area contributed by atoms with Gasteiger partial charge in [0.25, 0.3) is 0 Å². The van der Waals surface area contributed by atoms with Gasteiger partial charge in [-0.15, -0.1) is 0 Å². The molecule has 0 radical (unpaired) electrons. The molecular formula is C22H31N3O3. The summed E-state index contributed by atoms with van der Waals surface area (Å²) in [5.41, 5.74) is 0.973. The number of ether oxygens (including phenoxy) is 1. The molecule has 0 aromatic heterocycles. The average Bonchev–Trinajstić information content (AvgIpc) is 2.72. The predicted octanol–water partition coefficient (Wildman–Crippen LogP) is 2.08. The molecule has 2 bridgehead atoms. The van der Waals surface area contributed by atoms with E-state index in [0.29, 0.717) is 25.5 Å². The van der Waals surface area contributed by atoms with Crippen molar-refractivity contribution in [2.24, 2.45) is 11.8 Å². The fraction of sp³-hybridized carbons (Fsp3) is 0.636. The summed E-state index contributed by atoms with van der Waals surface area (Å²) in [7, 11) is 0. The first-order chi connectivity index (χ1) is 13.7. The van der Waals surface area contributed by atoms with Crippen molar-refractivity contribution in [3.8, 4) is 5.75 Å². The molecule has 28 heavy (non-hydrogen) atoms. The summed E-state index contributed by atoms with van der Waals surface area (Å²) in [5, 5.41) is 6.59. The smallest absolute Gasteiger partial charge is 0.243 e. The van der Waals surface area contributed by atoms with Gasteiger partial charge in [0.05, 0.1) is 6.61 Å². The molecular weight excluding hydrogens is 354 g/mol. The fourth-order valence-electron chi connectivity index (χ4n) is 5.14. The van der Waals surface area contributed by atoms with Gasteiger partial charge in [-0.25, -0.2) is 0 Å². The Hall–Kier alpha value is -2.08. The van der Waals surface area contributed by atoms with E-state index in [4.69, 9.17) is 4.74 Å². The van der Waals surface area contributed by atoms with Crippen LogP contribution >= 0.6 is 0 Å². The Morgan fingerprint density at radius 2 is 2.11 bits per heavy atom. The molecule has 4 rings (SSSR count). The Bertz CT molecular complexity index is 723. The van der Waals surface area contributed by atoms with Crippen molar-refractivity contribution in [2.75, 3.05) is 19.7 Å². The first-order valence-corrected chi connectivity index (χ1v) is 10.7. The largest absolute Gasteiger partial charge is 0.493 e. The number of carbonyl (C=O) groups excluding carboxylic acids is 2. The Kier molecular flexibility index (Phi) is 5.85. The quantitative estimate of drug-likeness (QED) is 0.787. The summed E-state index contributed by atoms with van der Waals surface area (Å²) in [5.74, 6) is 1.62. The van der Waals surface area contributed by atoms with Crippen LogP contribution in [0.2, 0.25) is 0 Å². The summed E-state index contributed by atoms with van der Waals surface area (Å²) >= 11 is 0. The number of amides is 2. The fourth-order valence-corrected chi connectivity index (χ4v) is 5.14. The lowest BCUT2D eigenvalue weighted by molar-refractivity contribution is -0.157. The predicted molar refractivity (Wildman–Crippen MR) is 107 cm³/mol. The molecule has 6 heteroatoms. The summed E-state index contributed by atoms with van der Waals surface area (Å²) in [6.07, 6.45) is 4.51. The molecule has 4 atom stereocenters. The van der Waals surface area contributed by atoms with Crippen LogP contribution in [0.3, 0.4) is 0 Å². The molecule has 3 fully saturated rings. The first-order valence-electron chi connectivity index (χ1n) is 10.7. The number of nitrogens with one attached hydrogen (secondary N) is 2. The van der Waals surface area contributed by atoms with Crippen molar-refractivity contribution in [2.45, 2.75) is 57.7 Å². The number of hydrogen-bond donors (Lipinski definition) is 2. The molecule has 6 nitrogen and oxygen atoms in total. The summed E-state index contributed by atoms with van der Waals surface area (Å²) < 4.78 is 5.81. The van der Waals surface area contributed by atoms with Crippen LogP contribution in [0.5, 0.6) is 5.75 Å². The molecule has 0 aliphatic carbocycles. The van der Waals surface area contributed by atoms with E-state index in [-0.39, 0.29) is 29.8 Å². The zero-order valence-electron chi connectivity index (χ0n) is 16.7. The van der Waals surface area contributed by atoms with Gasteiger partial charge in [-0.05, 0) is 44.2 Å². The molecule has 152 valence electrons. The van der Waals surface area contributed by atoms with Gasteiger partial charge in [0.2, 0.25) is 11.8 Å². The summed E-state index contributed by atoms with van der Waals surface area (Å²) in [6.45, 7) is 4.92. The van der Waals surface area contributed by atoms with Crippen LogP contribution in [-0.2, 0) is 16.1 Å². The lowest BCUT2D eigenvalue weighted by Crippen LogP contribution is -2.67. The van der Waals surface area contributed by atoms with E-state index in [1.807, 2.05) is 29.2 Å². The lowest BCUT2D eigenvalue weighted by atomic mass is 9.72. The van der Waals surface area contributed by atoms with Crippen LogP contribution in [0.15, 0.2) is 24.3 Å². The monoisotopic (exact) mass is 385 g/mol. The molecule has 1 aromatic rings. The highest BCUT2D eigenvalue weighted by Gasteiger charge is 2.50. The molecule has 2 amide bonds. The van der Waals surface area contributed by atoms with E-state index in [1.165, 1.54) is 0 Å². The van der Waals surface area contributed by atoms with Crippen LogP contribution in [-0.4, -0.2) is 48.5 Å². The van der Waals surface area contributed by atoms with Crippen molar-refractivity contribution >= 4 is 11.8 Å². The van der Waals surface area contributed by atoms with E-state index < -0.39 is 0 Å². The zero-order chi connectivity index (χ0) is 19.5. The first kappa shape index (κ1) is 19.2. The number of carbonyl (C=O) groups is 2. The second-order valence-corrected chi connectivity index (χ2v) is 8.29. The Balaban J connectivity index is 1.48. The highest BCUT2D eigenvalue weighted by Crippen LogP contribution is 2.39. The normalized spacial score (nSPS) is 29.2. The van der Waals surface area contributed by atoms with E-state index in [9.17, 15) is 9.59 Å². The lowest BCUT2D eigenvalue weighted by Gasteiger charge is -2.53. The third kappa shape index (κ3) is 3.75. The third-order valence-electron chi connectivity index (χ3n) is 6.40. The molecule has 3 heterocycles. The van der Waals surface area contributed by atoms with Crippen LogP contribution in [0.4, 0.5) is 0 Å². The van der Waals surface area contributed by atoms with Crippen LogP contribution in [0.25, 0.3) is 0 Å². The van der Waals surface area contributed by atoms with Gasteiger partial charge in [0.1, 0.15) is 11.8 Å². The van der Waals surface area contributed by atoms with Gasteiger partial charge < -0.3 is 20.3 Å². The SMILES string of the molecule is CCCOc1ccccc1CNC(=O)[C@H]1[C@@H]2CNC[C@@H](C2)[C@@H]2CCCC(=O)N21. The van der Waals surface area contributed by atoms with Crippen molar-refractivity contribution in [1.82, 2.24) is 15.5 Å². The number of piperidine rings is 3. The second kappa shape index (κ2) is 8.52. The van der Waals surface area contributed by atoms with Gasteiger partial charge in [0.15, 0.2) is 0 Å². The van der Waals surface area contributed by atoms with Gasteiger partial charge in [-0.3, -0.25) is 9.59 Å². The molecule has 0 saturated carbocycles. The van der Waals surface area contributed by atoms with Crippen molar-refractivity contribution in [1.29, 1.82) is 0 Å². The molecule has 3 aliphatic rings. The minimum absolute atomic E-state index is 0.0299. The molecule has 0 unspecified atom stereocenters. The van der Waals surface area contributed by atoms with Crippen LogP contribution < -0.4 is 15.4 Å². The maximum absolute atomic E-state index is 13.2. The maximum Gasteiger partial charge on any atom is 0.243 e. The van der Waals surface area contributed by atoms with E-state index >= 15 is 0 Å². The Morgan fingerprint density at radius 1 is 1.29 bits per heavy atom. The summed E-state index contributed by atoms with van der Waals surface area (Å²) in [4.78, 5) is 27.9. The maximum atomic E-state index is 13.2. The number of para-hydroxylation sites is 1. The number of nitrogens with zero attached hydrogens (tertiary/aromatic N) is 1. The topological polar surface area (TPSA) is 70.7 Å². The standard InChI is InChI=1S/C22H31N3O3/c1-2-10-28-19-8-4-3-6-15(19)14-24-22(27)21-17-11-16(12-23-13-17)18-7-5-9-20(26)25(18)21/h3-4,6,8,16-18,21,23H,2,5,7,9-14H2,1H3,(H,24,27)/t16-,17+,18+,21-/m1/s1.